The third kappa shape index (κ3) is 3.22. The lowest BCUT2D eigenvalue weighted by atomic mass is 10.0. The number of nitrogens with one attached hydrogen (secondary N) is 1. The molecule has 1 saturated heterocycles. The Hall–Kier alpha value is -2.47. The molecular formula is C19H24N6. The molecule has 3 N–H and O–H groups in total. The molecule has 6 nitrogen and oxygen atoms in total. The molecule has 1 aliphatic rings. The van der Waals surface area contributed by atoms with E-state index < -0.39 is 0 Å². The molecule has 0 radical (unpaired) electrons. The maximum Gasteiger partial charge on any atom is 0.139 e. The highest BCUT2D eigenvalue weighted by Crippen LogP contribution is 2.37. The van der Waals surface area contributed by atoms with Crippen molar-refractivity contribution in [2.45, 2.75) is 25.7 Å². The lowest BCUT2D eigenvalue weighted by Gasteiger charge is -2.20. The quantitative estimate of drug-likeness (QED) is 0.676. The van der Waals surface area contributed by atoms with Crippen molar-refractivity contribution < 1.29 is 0 Å². The van der Waals surface area contributed by atoms with E-state index in [1.165, 1.54) is 30.3 Å². The zero-order valence-electron chi connectivity index (χ0n) is 14.4. The number of aromatic amines is 1. The molecule has 1 atom stereocenters. The van der Waals surface area contributed by atoms with Gasteiger partial charge in [0.25, 0.3) is 0 Å². The second-order valence-electron chi connectivity index (χ2n) is 6.77. The maximum absolute atomic E-state index is 5.62. The minimum Gasteiger partial charge on any atom is -0.371 e. The summed E-state index contributed by atoms with van der Waals surface area (Å²) in [6.45, 7) is 3.01. The molecule has 4 rings (SSSR count). The SMILES string of the molecule is NCCCC[C@H]1CCN(c2ccnc3[nH]cc(-c4cncnc4)c23)C1. The van der Waals surface area contributed by atoms with Crippen LogP contribution >= 0.6 is 0 Å². The molecule has 0 bridgehead atoms. The van der Waals surface area contributed by atoms with Gasteiger partial charge < -0.3 is 15.6 Å². The van der Waals surface area contributed by atoms with Crippen molar-refractivity contribution in [1.29, 1.82) is 0 Å². The molecule has 3 aromatic rings. The highest BCUT2D eigenvalue weighted by molar-refractivity contribution is 6.02. The second kappa shape index (κ2) is 7.19. The lowest BCUT2D eigenvalue weighted by Crippen LogP contribution is -2.20. The summed E-state index contributed by atoms with van der Waals surface area (Å²) in [5.41, 5.74) is 9.93. The van der Waals surface area contributed by atoms with Crippen molar-refractivity contribution in [3.8, 4) is 11.1 Å². The molecule has 0 unspecified atom stereocenters. The summed E-state index contributed by atoms with van der Waals surface area (Å²) in [6, 6.07) is 2.13. The molecule has 0 aromatic carbocycles. The first kappa shape index (κ1) is 16.0. The van der Waals surface area contributed by atoms with Gasteiger partial charge in [0.05, 0.1) is 0 Å². The Balaban J connectivity index is 1.63. The van der Waals surface area contributed by atoms with Crippen LogP contribution in [-0.2, 0) is 0 Å². The van der Waals surface area contributed by atoms with Crippen molar-refractivity contribution >= 4 is 16.7 Å². The summed E-state index contributed by atoms with van der Waals surface area (Å²) >= 11 is 0. The third-order valence-corrected chi connectivity index (χ3v) is 5.12. The summed E-state index contributed by atoms with van der Waals surface area (Å²) < 4.78 is 0. The molecular weight excluding hydrogens is 312 g/mol. The number of hydrogen-bond donors (Lipinski definition) is 2. The van der Waals surface area contributed by atoms with Gasteiger partial charge in [-0.05, 0) is 37.8 Å². The van der Waals surface area contributed by atoms with E-state index >= 15 is 0 Å². The number of hydrogen-bond acceptors (Lipinski definition) is 5. The summed E-state index contributed by atoms with van der Waals surface area (Å²) in [5.74, 6) is 0.761. The average Bonchev–Trinajstić information content (AvgIpc) is 3.29. The maximum atomic E-state index is 5.62. The van der Waals surface area contributed by atoms with E-state index in [1.54, 1.807) is 6.33 Å². The van der Waals surface area contributed by atoms with Crippen molar-refractivity contribution in [2.75, 3.05) is 24.5 Å². The third-order valence-electron chi connectivity index (χ3n) is 5.12. The molecule has 0 amide bonds. The Morgan fingerprint density at radius 1 is 1.24 bits per heavy atom. The van der Waals surface area contributed by atoms with E-state index in [2.05, 4.69) is 30.9 Å². The van der Waals surface area contributed by atoms with Crippen LogP contribution in [0.5, 0.6) is 0 Å². The van der Waals surface area contributed by atoms with Gasteiger partial charge in [0.2, 0.25) is 0 Å². The van der Waals surface area contributed by atoms with Crippen LogP contribution in [0.4, 0.5) is 5.69 Å². The summed E-state index contributed by atoms with van der Waals surface area (Å²) in [5, 5.41) is 1.17. The standard InChI is InChI=1S/C19H24N6/c20-6-2-1-3-14-5-8-25(12-14)17-4-7-23-19-18(17)16(11-24-19)15-9-21-13-22-10-15/h4,7,9-11,13-14H,1-3,5-6,8,12,20H2,(H,23,24)/t14-/m0/s1. The molecule has 6 heteroatoms. The number of H-pyrrole nitrogens is 1. The van der Waals surface area contributed by atoms with Gasteiger partial charge in [-0.2, -0.15) is 0 Å². The van der Waals surface area contributed by atoms with Gasteiger partial charge in [-0.3, -0.25) is 0 Å². The number of rotatable bonds is 6. The number of pyridine rings is 1. The molecule has 3 aromatic heterocycles. The van der Waals surface area contributed by atoms with E-state index in [9.17, 15) is 0 Å². The topological polar surface area (TPSA) is 83.7 Å². The molecule has 1 fully saturated rings. The first-order valence-electron chi connectivity index (χ1n) is 9.03. The van der Waals surface area contributed by atoms with Crippen molar-refractivity contribution in [3.05, 3.63) is 37.2 Å². The van der Waals surface area contributed by atoms with Crippen LogP contribution < -0.4 is 10.6 Å². The summed E-state index contributed by atoms with van der Waals surface area (Å²) in [6.07, 6.45) is 14.1. The van der Waals surface area contributed by atoms with Crippen LogP contribution in [0.2, 0.25) is 0 Å². The van der Waals surface area contributed by atoms with Gasteiger partial charge in [-0.1, -0.05) is 6.42 Å². The molecule has 25 heavy (non-hydrogen) atoms. The first-order chi connectivity index (χ1) is 12.4. The predicted molar refractivity (Wildman–Crippen MR) is 100 cm³/mol. The Bertz CT molecular complexity index is 828. The van der Waals surface area contributed by atoms with Crippen LogP contribution in [0.15, 0.2) is 37.2 Å². The highest BCUT2D eigenvalue weighted by atomic mass is 15.2. The minimum atomic E-state index is 0.761. The largest absolute Gasteiger partial charge is 0.371 e. The minimum absolute atomic E-state index is 0.761. The van der Waals surface area contributed by atoms with Gasteiger partial charge in [-0.15, -0.1) is 0 Å². The monoisotopic (exact) mass is 336 g/mol. The van der Waals surface area contributed by atoms with Crippen LogP contribution in [0.1, 0.15) is 25.7 Å². The van der Waals surface area contributed by atoms with Gasteiger partial charge in [-0.25, -0.2) is 15.0 Å². The predicted octanol–water partition coefficient (Wildman–Crippen LogP) is 2.98. The zero-order chi connectivity index (χ0) is 17.1. The number of aromatic nitrogens is 4. The van der Waals surface area contributed by atoms with E-state index in [0.717, 1.165) is 48.7 Å². The Morgan fingerprint density at radius 2 is 2.12 bits per heavy atom. The lowest BCUT2D eigenvalue weighted by molar-refractivity contribution is 0.504. The van der Waals surface area contributed by atoms with E-state index in [4.69, 9.17) is 5.73 Å². The van der Waals surface area contributed by atoms with Gasteiger partial charge in [0, 0.05) is 60.1 Å². The Morgan fingerprint density at radius 3 is 2.96 bits per heavy atom. The van der Waals surface area contributed by atoms with E-state index in [1.807, 2.05) is 24.8 Å². The molecule has 130 valence electrons. The average molecular weight is 336 g/mol. The number of nitrogens with zero attached hydrogens (tertiary/aromatic N) is 4. The summed E-state index contributed by atoms with van der Waals surface area (Å²) in [4.78, 5) is 18.6. The van der Waals surface area contributed by atoms with Crippen LogP contribution in [0.25, 0.3) is 22.2 Å². The van der Waals surface area contributed by atoms with E-state index in [0.29, 0.717) is 0 Å². The van der Waals surface area contributed by atoms with Crippen molar-refractivity contribution in [2.24, 2.45) is 11.7 Å². The Labute approximate surface area is 147 Å². The van der Waals surface area contributed by atoms with Gasteiger partial charge in [0.15, 0.2) is 0 Å². The number of nitrogens with two attached hydrogens (primary N) is 1. The first-order valence-corrected chi connectivity index (χ1v) is 9.03. The number of fused-ring (bicyclic) bond motifs is 1. The molecule has 1 aliphatic heterocycles. The van der Waals surface area contributed by atoms with Gasteiger partial charge in [0.1, 0.15) is 12.0 Å². The van der Waals surface area contributed by atoms with Crippen LogP contribution in [0.3, 0.4) is 0 Å². The van der Waals surface area contributed by atoms with Gasteiger partial charge >= 0.3 is 0 Å². The number of unbranched alkanes of at least 4 members (excludes halogenated alkanes) is 1. The van der Waals surface area contributed by atoms with Crippen molar-refractivity contribution in [1.82, 2.24) is 19.9 Å². The normalized spacial score (nSPS) is 17.5. The fourth-order valence-electron chi connectivity index (χ4n) is 3.83. The van der Waals surface area contributed by atoms with Crippen LogP contribution in [-0.4, -0.2) is 39.6 Å². The van der Waals surface area contributed by atoms with E-state index in [-0.39, 0.29) is 0 Å². The molecule has 0 saturated carbocycles. The zero-order valence-corrected chi connectivity index (χ0v) is 14.4. The summed E-state index contributed by atoms with van der Waals surface area (Å²) in [7, 11) is 0. The Kier molecular flexibility index (Phi) is 4.61. The highest BCUT2D eigenvalue weighted by Gasteiger charge is 2.25. The molecule has 0 aliphatic carbocycles. The smallest absolute Gasteiger partial charge is 0.139 e. The fraction of sp³-hybridized carbons (Fsp3) is 0.421. The molecule has 4 heterocycles. The fourth-order valence-corrected chi connectivity index (χ4v) is 3.83. The molecule has 0 spiro atoms. The second-order valence-corrected chi connectivity index (χ2v) is 6.77. The van der Waals surface area contributed by atoms with Crippen LogP contribution in [0, 0.1) is 5.92 Å². The number of anilines is 1. The van der Waals surface area contributed by atoms with Crippen molar-refractivity contribution in [3.63, 3.8) is 0 Å².